The third kappa shape index (κ3) is 5.85. The molecule has 0 atom stereocenters. The lowest BCUT2D eigenvalue weighted by Gasteiger charge is -2.27. The van der Waals surface area contributed by atoms with Gasteiger partial charge in [0.1, 0.15) is 23.0 Å². The minimum Gasteiger partial charge on any atom is -0.444 e. The molecule has 34 heavy (non-hydrogen) atoms. The quantitative estimate of drug-likeness (QED) is 0.483. The maximum Gasteiger partial charge on any atom is 0.408 e. The van der Waals surface area contributed by atoms with Crippen LogP contribution < -0.4 is 26.4 Å². The van der Waals surface area contributed by atoms with E-state index < -0.39 is 17.6 Å². The Bertz CT molecular complexity index is 1260. The van der Waals surface area contributed by atoms with E-state index in [2.05, 4.69) is 35.9 Å². The molecule has 0 bridgehead atoms. The summed E-state index contributed by atoms with van der Waals surface area (Å²) in [6.07, 6.45) is 2.39. The number of fused-ring (bicyclic) bond motifs is 1. The smallest absolute Gasteiger partial charge is 0.408 e. The number of aromatic nitrogens is 4. The number of anilines is 2. The Kier molecular flexibility index (Phi) is 6.75. The van der Waals surface area contributed by atoms with Crippen LogP contribution in [0.4, 0.5) is 16.3 Å². The van der Waals surface area contributed by atoms with Gasteiger partial charge in [-0.05, 0) is 26.8 Å². The van der Waals surface area contributed by atoms with E-state index in [1.807, 2.05) is 0 Å². The highest BCUT2D eigenvalue weighted by molar-refractivity contribution is 7.19. The van der Waals surface area contributed by atoms with Gasteiger partial charge in [-0.2, -0.15) is 9.61 Å². The number of nitrogens with one attached hydrogen (secondary N) is 3. The van der Waals surface area contributed by atoms with Crippen LogP contribution in [-0.2, 0) is 9.53 Å². The molecule has 3 N–H and O–H groups in total. The second-order valence-corrected chi connectivity index (χ2v) is 9.61. The summed E-state index contributed by atoms with van der Waals surface area (Å²) in [6, 6.07) is 3.19. The Morgan fingerprint density at radius 3 is 2.71 bits per heavy atom. The number of amides is 2. The van der Waals surface area contributed by atoms with Gasteiger partial charge < -0.3 is 25.6 Å². The summed E-state index contributed by atoms with van der Waals surface area (Å²) in [5, 5.41) is 13.3. The van der Waals surface area contributed by atoms with Crippen molar-refractivity contribution in [2.75, 3.05) is 42.9 Å². The number of piperazine rings is 1. The van der Waals surface area contributed by atoms with E-state index in [1.54, 1.807) is 33.0 Å². The summed E-state index contributed by atoms with van der Waals surface area (Å²) in [7, 11) is 0. The van der Waals surface area contributed by atoms with Crippen molar-refractivity contribution in [2.45, 2.75) is 26.4 Å². The van der Waals surface area contributed by atoms with Crippen molar-refractivity contribution in [3.05, 3.63) is 34.9 Å². The van der Waals surface area contributed by atoms with Gasteiger partial charge in [0.25, 0.3) is 5.56 Å². The van der Waals surface area contributed by atoms with E-state index in [9.17, 15) is 14.4 Å². The molecule has 1 saturated heterocycles. The minimum atomic E-state index is -0.679. The Morgan fingerprint density at radius 1 is 1.21 bits per heavy atom. The first kappa shape index (κ1) is 23.6. The summed E-state index contributed by atoms with van der Waals surface area (Å²) in [4.78, 5) is 47.9. The minimum absolute atomic E-state index is 0.256. The van der Waals surface area contributed by atoms with Crippen LogP contribution in [0.2, 0.25) is 0 Å². The van der Waals surface area contributed by atoms with Crippen LogP contribution in [0.1, 0.15) is 20.8 Å². The summed E-state index contributed by atoms with van der Waals surface area (Å²) in [5.41, 5.74) is 0.135. The van der Waals surface area contributed by atoms with Crippen LogP contribution in [0, 0.1) is 0 Å². The van der Waals surface area contributed by atoms with Crippen molar-refractivity contribution in [2.24, 2.45) is 0 Å². The highest BCUT2D eigenvalue weighted by Gasteiger charge is 2.18. The fraction of sp³-hybridized carbons (Fsp3) is 0.429. The molecule has 1 aliphatic heterocycles. The fourth-order valence-corrected chi connectivity index (χ4v) is 4.15. The Balaban J connectivity index is 1.47. The second-order valence-electron chi connectivity index (χ2n) is 8.66. The van der Waals surface area contributed by atoms with Gasteiger partial charge in [-0.1, -0.05) is 11.3 Å². The Labute approximate surface area is 199 Å². The van der Waals surface area contributed by atoms with Crippen LogP contribution in [0.5, 0.6) is 0 Å². The zero-order valence-electron chi connectivity index (χ0n) is 19.1. The van der Waals surface area contributed by atoms with Gasteiger partial charge in [-0.15, -0.1) is 0 Å². The highest BCUT2D eigenvalue weighted by atomic mass is 32.1. The van der Waals surface area contributed by atoms with Crippen molar-refractivity contribution in [3.63, 3.8) is 0 Å². The molecule has 2 amide bonds. The SMILES string of the molecule is CC(C)(C)OC(=O)NCC(=O)Nc1cncc(-c2nn3c(=O)cc(N4CCNCC4)nc3s2)c1. The maximum absolute atomic E-state index is 12.6. The number of carbonyl (C=O) groups is 2. The largest absolute Gasteiger partial charge is 0.444 e. The zero-order valence-corrected chi connectivity index (χ0v) is 19.9. The van der Waals surface area contributed by atoms with Crippen LogP contribution in [-0.4, -0.2) is 69.9 Å². The summed E-state index contributed by atoms with van der Waals surface area (Å²) >= 11 is 1.26. The number of nitrogens with zero attached hydrogens (tertiary/aromatic N) is 5. The lowest BCUT2D eigenvalue weighted by molar-refractivity contribution is -0.115. The third-order valence-corrected chi connectivity index (χ3v) is 5.69. The first-order chi connectivity index (χ1) is 16.2. The van der Waals surface area contributed by atoms with Crippen LogP contribution in [0.3, 0.4) is 0 Å². The second kappa shape index (κ2) is 9.73. The monoisotopic (exact) mass is 486 g/mol. The molecule has 3 aromatic heterocycles. The molecule has 12 nitrogen and oxygen atoms in total. The summed E-state index contributed by atoms with van der Waals surface area (Å²) < 4.78 is 6.38. The molecule has 0 unspecified atom stereocenters. The van der Waals surface area contributed by atoms with E-state index in [-0.39, 0.29) is 12.1 Å². The molecule has 180 valence electrons. The van der Waals surface area contributed by atoms with E-state index in [0.29, 0.717) is 27.0 Å². The number of carbonyl (C=O) groups excluding carboxylic acids is 2. The topological polar surface area (TPSA) is 143 Å². The van der Waals surface area contributed by atoms with E-state index in [4.69, 9.17) is 4.74 Å². The van der Waals surface area contributed by atoms with Crippen molar-refractivity contribution < 1.29 is 14.3 Å². The van der Waals surface area contributed by atoms with Gasteiger partial charge in [-0.25, -0.2) is 9.78 Å². The predicted molar refractivity (Wildman–Crippen MR) is 128 cm³/mol. The van der Waals surface area contributed by atoms with Crippen molar-refractivity contribution in [1.29, 1.82) is 0 Å². The summed E-state index contributed by atoms with van der Waals surface area (Å²) in [5.74, 6) is 0.200. The van der Waals surface area contributed by atoms with Crippen LogP contribution in [0.15, 0.2) is 29.3 Å². The molecule has 1 aliphatic rings. The van der Waals surface area contributed by atoms with Gasteiger partial charge >= 0.3 is 6.09 Å². The normalized spacial score (nSPS) is 14.1. The average Bonchev–Trinajstić information content (AvgIpc) is 3.22. The molecule has 0 saturated carbocycles. The van der Waals surface area contributed by atoms with Crippen molar-refractivity contribution in [3.8, 4) is 10.6 Å². The lowest BCUT2D eigenvalue weighted by Crippen LogP contribution is -2.44. The first-order valence-electron chi connectivity index (χ1n) is 10.8. The number of ether oxygens (including phenoxy) is 1. The van der Waals surface area contributed by atoms with Gasteiger partial charge in [-0.3, -0.25) is 14.6 Å². The zero-order chi connectivity index (χ0) is 24.3. The van der Waals surface area contributed by atoms with Crippen LogP contribution >= 0.6 is 11.3 Å². The van der Waals surface area contributed by atoms with Gasteiger partial charge in [0.15, 0.2) is 0 Å². The van der Waals surface area contributed by atoms with E-state index >= 15 is 0 Å². The molecule has 0 aliphatic carbocycles. The first-order valence-corrected chi connectivity index (χ1v) is 11.6. The number of hydrogen-bond acceptors (Lipinski definition) is 10. The number of hydrogen-bond donors (Lipinski definition) is 3. The molecule has 0 radical (unpaired) electrons. The average molecular weight is 487 g/mol. The van der Waals surface area contributed by atoms with Gasteiger partial charge in [0, 0.05) is 44.0 Å². The Morgan fingerprint density at radius 2 is 1.97 bits per heavy atom. The molecule has 13 heteroatoms. The standard InChI is InChI=1S/C21H26N8O4S/c1-21(2,3)33-20(32)24-12-16(30)25-14-8-13(10-23-11-14)18-27-29-17(31)9-15(26-19(29)34-18)28-6-4-22-5-7-28/h8-11,22H,4-7,12H2,1-3H3,(H,24,32)(H,25,30). The number of pyridine rings is 1. The van der Waals surface area contributed by atoms with Crippen molar-refractivity contribution in [1.82, 2.24) is 30.2 Å². The molecule has 3 aromatic rings. The van der Waals surface area contributed by atoms with Gasteiger partial charge in [0.2, 0.25) is 10.9 Å². The van der Waals surface area contributed by atoms with E-state index in [0.717, 1.165) is 26.2 Å². The van der Waals surface area contributed by atoms with Gasteiger partial charge in [0.05, 0.1) is 11.9 Å². The maximum atomic E-state index is 12.6. The number of alkyl carbamates (subject to hydrolysis) is 1. The van der Waals surface area contributed by atoms with Crippen LogP contribution in [0.25, 0.3) is 15.5 Å². The Hall–Kier alpha value is -3.58. The lowest BCUT2D eigenvalue weighted by atomic mass is 10.2. The molecule has 0 aromatic carbocycles. The molecular formula is C21H26N8O4S. The molecule has 0 spiro atoms. The highest BCUT2D eigenvalue weighted by Crippen LogP contribution is 2.26. The predicted octanol–water partition coefficient (Wildman–Crippen LogP) is 1.09. The molecule has 4 heterocycles. The number of rotatable bonds is 5. The van der Waals surface area contributed by atoms with Crippen molar-refractivity contribution >= 4 is 39.8 Å². The molecule has 1 fully saturated rings. The van der Waals surface area contributed by atoms with E-state index in [1.165, 1.54) is 28.1 Å². The third-order valence-electron chi connectivity index (χ3n) is 4.73. The fourth-order valence-electron chi connectivity index (χ4n) is 3.27. The summed E-state index contributed by atoms with van der Waals surface area (Å²) in [6.45, 7) is 8.20. The molecule has 4 rings (SSSR count). The molecular weight excluding hydrogens is 460 g/mol.